The Morgan fingerprint density at radius 2 is 2.06 bits per heavy atom. The predicted octanol–water partition coefficient (Wildman–Crippen LogP) is 2.95. The van der Waals surface area contributed by atoms with E-state index in [-0.39, 0.29) is 0 Å². The van der Waals surface area contributed by atoms with Crippen LogP contribution in [0.4, 0.5) is 0 Å². The molecule has 3 nitrogen and oxygen atoms in total. The maximum atomic E-state index is 5.31. The van der Waals surface area contributed by atoms with Crippen LogP contribution in [0, 0.1) is 4.64 Å². The number of nitrogens with zero attached hydrogens (tertiary/aromatic N) is 2. The third-order valence-corrected chi connectivity index (χ3v) is 3.87. The van der Waals surface area contributed by atoms with Gasteiger partial charge in [0, 0.05) is 40.7 Å². The predicted molar refractivity (Wildman–Crippen MR) is 67.7 cm³/mol. The first-order valence-corrected chi connectivity index (χ1v) is 6.51. The van der Waals surface area contributed by atoms with Gasteiger partial charge in [0.25, 0.3) is 0 Å². The van der Waals surface area contributed by atoms with Gasteiger partial charge >= 0.3 is 0 Å². The average molecular weight is 247 g/mol. The average Bonchev–Trinajstić information content (AvgIpc) is 2.79. The van der Waals surface area contributed by atoms with Crippen molar-refractivity contribution >= 4 is 24.0 Å². The molecule has 1 N–H and O–H groups in total. The zero-order chi connectivity index (χ0) is 11.0. The molecule has 0 saturated carbocycles. The van der Waals surface area contributed by atoms with E-state index in [2.05, 4.69) is 15.0 Å². The minimum atomic E-state index is 0.727. The molecule has 1 aliphatic rings. The van der Waals surface area contributed by atoms with E-state index >= 15 is 0 Å². The van der Waals surface area contributed by atoms with Crippen molar-refractivity contribution in [3.05, 3.63) is 40.4 Å². The second kappa shape index (κ2) is 3.99. The van der Waals surface area contributed by atoms with Gasteiger partial charge in [0.15, 0.2) is 0 Å². The number of thioether (sulfide) groups is 1. The Morgan fingerprint density at radius 1 is 1.25 bits per heavy atom. The topological polar surface area (TPSA) is 41.6 Å². The van der Waals surface area contributed by atoms with E-state index in [1.54, 1.807) is 12.4 Å². The summed E-state index contributed by atoms with van der Waals surface area (Å²) in [5.41, 5.74) is 3.44. The standard InChI is InChI=1S/C11H9N3S2/c15-11-8-5-16-6-9(8)13-10(14-11)7-1-3-12-4-2-7/h1-4H,5-6H2,(H,13,14,15). The van der Waals surface area contributed by atoms with Gasteiger partial charge in [-0.05, 0) is 12.1 Å². The molecular formula is C11H9N3S2. The van der Waals surface area contributed by atoms with Crippen molar-refractivity contribution in [1.82, 2.24) is 15.0 Å². The van der Waals surface area contributed by atoms with Crippen molar-refractivity contribution in [2.75, 3.05) is 0 Å². The molecule has 0 atom stereocenters. The molecule has 2 aromatic heterocycles. The smallest absolute Gasteiger partial charge is 0.139 e. The maximum Gasteiger partial charge on any atom is 0.139 e. The zero-order valence-electron chi connectivity index (χ0n) is 8.43. The molecule has 16 heavy (non-hydrogen) atoms. The molecule has 0 aliphatic carbocycles. The fourth-order valence-corrected chi connectivity index (χ4v) is 3.16. The summed E-state index contributed by atoms with van der Waals surface area (Å²) in [4.78, 5) is 11.8. The van der Waals surface area contributed by atoms with E-state index in [0.717, 1.165) is 27.5 Å². The Balaban J connectivity index is 2.17. The van der Waals surface area contributed by atoms with Crippen LogP contribution < -0.4 is 0 Å². The SMILES string of the molecule is S=c1nc(-c2ccncc2)[nH]c2c1CSC2. The number of rotatable bonds is 1. The highest BCUT2D eigenvalue weighted by molar-refractivity contribution is 7.98. The summed E-state index contributed by atoms with van der Waals surface area (Å²) in [6, 6.07) is 3.87. The number of aromatic amines is 1. The Bertz CT molecular complexity index is 578. The summed E-state index contributed by atoms with van der Waals surface area (Å²) in [6.07, 6.45) is 3.52. The number of fused-ring (bicyclic) bond motifs is 1. The monoisotopic (exact) mass is 247 g/mol. The van der Waals surface area contributed by atoms with Crippen LogP contribution in [0.2, 0.25) is 0 Å². The number of H-pyrrole nitrogens is 1. The van der Waals surface area contributed by atoms with Gasteiger partial charge in [0.05, 0.1) is 0 Å². The molecule has 80 valence electrons. The molecule has 0 bridgehead atoms. The molecule has 3 heterocycles. The Morgan fingerprint density at radius 3 is 2.88 bits per heavy atom. The quantitative estimate of drug-likeness (QED) is 0.787. The first-order chi connectivity index (χ1) is 7.84. The molecule has 0 amide bonds. The molecule has 3 rings (SSSR count). The van der Waals surface area contributed by atoms with Crippen molar-refractivity contribution < 1.29 is 0 Å². The van der Waals surface area contributed by atoms with Crippen molar-refractivity contribution in [1.29, 1.82) is 0 Å². The number of hydrogen-bond acceptors (Lipinski definition) is 4. The molecule has 0 radical (unpaired) electrons. The number of aromatic nitrogens is 3. The summed E-state index contributed by atoms with van der Waals surface area (Å²) in [5.74, 6) is 2.82. The van der Waals surface area contributed by atoms with Gasteiger partial charge in [-0.3, -0.25) is 4.98 Å². The molecule has 0 fully saturated rings. The third kappa shape index (κ3) is 1.66. The molecule has 2 aromatic rings. The molecule has 0 aromatic carbocycles. The van der Waals surface area contributed by atoms with Crippen LogP contribution in [0.25, 0.3) is 11.4 Å². The Kier molecular flexibility index (Phi) is 2.49. The lowest BCUT2D eigenvalue weighted by atomic mass is 10.2. The van der Waals surface area contributed by atoms with E-state index in [9.17, 15) is 0 Å². The minimum absolute atomic E-state index is 0.727. The zero-order valence-corrected chi connectivity index (χ0v) is 10.1. The van der Waals surface area contributed by atoms with E-state index < -0.39 is 0 Å². The Hall–Kier alpha value is -1.20. The van der Waals surface area contributed by atoms with Gasteiger partial charge in [-0.25, -0.2) is 4.98 Å². The van der Waals surface area contributed by atoms with Crippen molar-refractivity contribution in [2.45, 2.75) is 11.5 Å². The van der Waals surface area contributed by atoms with Crippen LogP contribution in [-0.4, -0.2) is 15.0 Å². The molecule has 0 spiro atoms. The van der Waals surface area contributed by atoms with Crippen molar-refractivity contribution in [2.24, 2.45) is 0 Å². The fraction of sp³-hybridized carbons (Fsp3) is 0.182. The van der Waals surface area contributed by atoms with Crippen LogP contribution in [0.5, 0.6) is 0 Å². The van der Waals surface area contributed by atoms with Crippen LogP contribution in [0.3, 0.4) is 0 Å². The maximum absolute atomic E-state index is 5.31. The van der Waals surface area contributed by atoms with Gasteiger partial charge in [-0.2, -0.15) is 11.8 Å². The minimum Gasteiger partial charge on any atom is -0.342 e. The second-order valence-electron chi connectivity index (χ2n) is 3.58. The largest absolute Gasteiger partial charge is 0.342 e. The lowest BCUT2D eigenvalue weighted by Crippen LogP contribution is -1.97. The van der Waals surface area contributed by atoms with E-state index in [4.69, 9.17) is 12.2 Å². The second-order valence-corrected chi connectivity index (χ2v) is 4.95. The van der Waals surface area contributed by atoms with Gasteiger partial charge in [0.2, 0.25) is 0 Å². The summed E-state index contributed by atoms with van der Waals surface area (Å²) in [5, 5.41) is 0. The van der Waals surface area contributed by atoms with Crippen molar-refractivity contribution in [3.8, 4) is 11.4 Å². The van der Waals surface area contributed by atoms with Crippen LogP contribution in [0.15, 0.2) is 24.5 Å². The number of nitrogens with one attached hydrogen (secondary N) is 1. The molecule has 5 heteroatoms. The molecule has 1 aliphatic heterocycles. The number of hydrogen-bond donors (Lipinski definition) is 1. The lowest BCUT2D eigenvalue weighted by Gasteiger charge is -2.04. The molecule has 0 unspecified atom stereocenters. The summed E-state index contributed by atoms with van der Waals surface area (Å²) in [6.45, 7) is 0. The fourth-order valence-electron chi connectivity index (χ4n) is 1.72. The highest BCUT2D eigenvalue weighted by atomic mass is 32.2. The highest BCUT2D eigenvalue weighted by Gasteiger charge is 2.15. The van der Waals surface area contributed by atoms with Gasteiger partial charge in [-0.15, -0.1) is 0 Å². The normalized spacial score (nSPS) is 13.8. The van der Waals surface area contributed by atoms with Gasteiger partial charge in [0.1, 0.15) is 10.5 Å². The molecule has 0 saturated heterocycles. The Labute approximate surface area is 102 Å². The molecular weight excluding hydrogens is 238 g/mol. The first-order valence-electron chi connectivity index (χ1n) is 4.95. The third-order valence-electron chi connectivity index (χ3n) is 2.55. The lowest BCUT2D eigenvalue weighted by molar-refractivity contribution is 1.06. The summed E-state index contributed by atoms with van der Waals surface area (Å²) < 4.78 is 0.727. The summed E-state index contributed by atoms with van der Waals surface area (Å²) >= 11 is 7.18. The van der Waals surface area contributed by atoms with Gasteiger partial charge < -0.3 is 4.98 Å². The number of pyridine rings is 1. The van der Waals surface area contributed by atoms with Crippen LogP contribution >= 0.6 is 24.0 Å². The van der Waals surface area contributed by atoms with E-state index in [1.165, 1.54) is 11.3 Å². The summed E-state index contributed by atoms with van der Waals surface area (Å²) in [7, 11) is 0. The van der Waals surface area contributed by atoms with Gasteiger partial charge in [-0.1, -0.05) is 12.2 Å². The van der Waals surface area contributed by atoms with Crippen molar-refractivity contribution in [3.63, 3.8) is 0 Å². The van der Waals surface area contributed by atoms with Crippen LogP contribution in [0.1, 0.15) is 11.3 Å². The van der Waals surface area contributed by atoms with E-state index in [0.29, 0.717) is 0 Å². The highest BCUT2D eigenvalue weighted by Crippen LogP contribution is 2.30. The van der Waals surface area contributed by atoms with E-state index in [1.807, 2.05) is 23.9 Å². The van der Waals surface area contributed by atoms with Crippen LogP contribution in [-0.2, 0) is 11.5 Å². The first kappa shape index (κ1) is 9.99.